The first kappa shape index (κ1) is 12.0. The normalized spacial score (nSPS) is 19.0. The molecule has 1 aliphatic rings. The topological polar surface area (TPSA) is 26.0 Å². The number of rotatable bonds is 1. The second kappa shape index (κ2) is 4.65. The molecular formula is C11H15BrClN. The predicted octanol–water partition coefficient (Wildman–Crippen LogP) is 3.60. The van der Waals surface area contributed by atoms with E-state index in [-0.39, 0.29) is 17.9 Å². The lowest BCUT2D eigenvalue weighted by molar-refractivity contribution is 0.461. The number of halogens is 2. The molecule has 1 fully saturated rings. The highest BCUT2D eigenvalue weighted by atomic mass is 79.9. The molecule has 0 saturated heterocycles. The van der Waals surface area contributed by atoms with Crippen molar-refractivity contribution in [1.29, 1.82) is 0 Å². The minimum atomic E-state index is -0.0410. The lowest BCUT2D eigenvalue weighted by Gasteiger charge is -2.24. The molecule has 3 heteroatoms. The monoisotopic (exact) mass is 275 g/mol. The summed E-state index contributed by atoms with van der Waals surface area (Å²) in [4.78, 5) is 0. The van der Waals surface area contributed by atoms with Gasteiger partial charge < -0.3 is 5.73 Å². The maximum absolute atomic E-state index is 6.32. The van der Waals surface area contributed by atoms with Gasteiger partial charge in [-0.1, -0.05) is 40.9 Å². The quantitative estimate of drug-likeness (QED) is 0.833. The maximum atomic E-state index is 6.32. The van der Waals surface area contributed by atoms with Gasteiger partial charge in [-0.3, -0.25) is 0 Å². The van der Waals surface area contributed by atoms with Crippen LogP contribution in [0.4, 0.5) is 0 Å². The zero-order valence-corrected chi connectivity index (χ0v) is 10.4. The van der Waals surface area contributed by atoms with Crippen LogP contribution in [0.2, 0.25) is 0 Å². The van der Waals surface area contributed by atoms with Crippen molar-refractivity contribution in [3.05, 3.63) is 34.3 Å². The van der Waals surface area contributed by atoms with Gasteiger partial charge in [-0.05, 0) is 30.5 Å². The minimum absolute atomic E-state index is 0. The van der Waals surface area contributed by atoms with Crippen LogP contribution in [0.25, 0.3) is 0 Å². The zero-order valence-electron chi connectivity index (χ0n) is 8.00. The molecule has 78 valence electrons. The Bertz CT molecular complexity index is 291. The van der Waals surface area contributed by atoms with E-state index in [0.29, 0.717) is 0 Å². The second-order valence-electron chi connectivity index (χ2n) is 3.87. The Kier molecular flexibility index (Phi) is 3.99. The molecule has 1 aromatic rings. The van der Waals surface area contributed by atoms with Gasteiger partial charge in [0.05, 0.1) is 0 Å². The van der Waals surface area contributed by atoms with Gasteiger partial charge in [0, 0.05) is 10.0 Å². The Balaban J connectivity index is 0.000000980. The molecule has 1 aliphatic carbocycles. The number of nitrogens with two attached hydrogens (primary N) is 1. The lowest BCUT2D eigenvalue weighted by atomic mass is 9.90. The Morgan fingerprint density at radius 1 is 1.07 bits per heavy atom. The molecule has 0 unspecified atom stereocenters. The molecule has 2 rings (SSSR count). The van der Waals surface area contributed by atoms with E-state index in [1.807, 2.05) is 0 Å². The van der Waals surface area contributed by atoms with Gasteiger partial charge in [0.15, 0.2) is 0 Å². The second-order valence-corrected chi connectivity index (χ2v) is 4.79. The van der Waals surface area contributed by atoms with Crippen molar-refractivity contribution in [3.63, 3.8) is 0 Å². The molecule has 14 heavy (non-hydrogen) atoms. The van der Waals surface area contributed by atoms with Crippen molar-refractivity contribution in [2.24, 2.45) is 5.73 Å². The molecule has 1 saturated carbocycles. The van der Waals surface area contributed by atoms with E-state index in [0.717, 1.165) is 17.3 Å². The van der Waals surface area contributed by atoms with Crippen LogP contribution in [0, 0.1) is 0 Å². The standard InChI is InChI=1S/C11H14BrN.ClH/c12-10-5-3-9(4-6-10)11(13)7-1-2-8-11;/h3-6H,1-2,7-8,13H2;1H. The van der Waals surface area contributed by atoms with Crippen LogP contribution < -0.4 is 5.73 Å². The molecule has 0 spiro atoms. The van der Waals surface area contributed by atoms with Crippen LogP contribution in [-0.4, -0.2) is 0 Å². The molecule has 1 nitrogen and oxygen atoms in total. The van der Waals surface area contributed by atoms with Crippen LogP contribution in [0.1, 0.15) is 31.2 Å². The molecule has 0 aliphatic heterocycles. The molecule has 0 atom stereocenters. The van der Waals surface area contributed by atoms with E-state index >= 15 is 0 Å². The number of benzene rings is 1. The highest BCUT2D eigenvalue weighted by Crippen LogP contribution is 2.36. The first-order chi connectivity index (χ1) is 6.21. The number of hydrogen-bond donors (Lipinski definition) is 1. The fraction of sp³-hybridized carbons (Fsp3) is 0.455. The summed E-state index contributed by atoms with van der Waals surface area (Å²) in [6, 6.07) is 8.41. The molecule has 2 N–H and O–H groups in total. The minimum Gasteiger partial charge on any atom is -0.321 e. The zero-order chi connectivity index (χ0) is 9.31. The average Bonchev–Trinajstić information content (AvgIpc) is 2.54. The Morgan fingerprint density at radius 2 is 1.57 bits per heavy atom. The average molecular weight is 277 g/mol. The van der Waals surface area contributed by atoms with E-state index in [1.165, 1.54) is 18.4 Å². The molecule has 1 aromatic carbocycles. The lowest BCUT2D eigenvalue weighted by Crippen LogP contribution is -2.32. The summed E-state index contributed by atoms with van der Waals surface area (Å²) in [6.45, 7) is 0. The van der Waals surface area contributed by atoms with Gasteiger partial charge in [0.25, 0.3) is 0 Å². The van der Waals surface area contributed by atoms with Gasteiger partial charge in [-0.15, -0.1) is 12.4 Å². The predicted molar refractivity (Wildman–Crippen MR) is 65.7 cm³/mol. The van der Waals surface area contributed by atoms with Crippen LogP contribution in [0.3, 0.4) is 0 Å². The van der Waals surface area contributed by atoms with Crippen molar-refractivity contribution >= 4 is 28.3 Å². The van der Waals surface area contributed by atoms with Crippen molar-refractivity contribution in [1.82, 2.24) is 0 Å². The summed E-state index contributed by atoms with van der Waals surface area (Å²) in [5, 5.41) is 0. The molecule has 0 aromatic heterocycles. The maximum Gasteiger partial charge on any atom is 0.0409 e. The summed E-state index contributed by atoms with van der Waals surface area (Å²) >= 11 is 3.43. The third-order valence-corrected chi connectivity index (χ3v) is 3.44. The van der Waals surface area contributed by atoms with Gasteiger partial charge in [0.2, 0.25) is 0 Å². The highest BCUT2D eigenvalue weighted by molar-refractivity contribution is 9.10. The van der Waals surface area contributed by atoms with E-state index in [1.54, 1.807) is 0 Å². The highest BCUT2D eigenvalue weighted by Gasteiger charge is 2.30. The number of hydrogen-bond acceptors (Lipinski definition) is 1. The van der Waals surface area contributed by atoms with E-state index in [9.17, 15) is 0 Å². The van der Waals surface area contributed by atoms with Gasteiger partial charge in [0.1, 0.15) is 0 Å². The van der Waals surface area contributed by atoms with Gasteiger partial charge in [-0.2, -0.15) is 0 Å². The molecule has 0 bridgehead atoms. The summed E-state index contributed by atoms with van der Waals surface area (Å²) in [5.41, 5.74) is 7.56. The molecule has 0 amide bonds. The molecule has 0 heterocycles. The fourth-order valence-corrected chi connectivity index (χ4v) is 2.34. The first-order valence-corrected chi connectivity index (χ1v) is 5.55. The van der Waals surface area contributed by atoms with Crippen LogP contribution in [0.15, 0.2) is 28.7 Å². The molecule has 0 radical (unpaired) electrons. The van der Waals surface area contributed by atoms with Crippen molar-refractivity contribution in [3.8, 4) is 0 Å². The molecular weight excluding hydrogens is 261 g/mol. The third kappa shape index (κ3) is 2.30. The van der Waals surface area contributed by atoms with Crippen molar-refractivity contribution in [2.45, 2.75) is 31.2 Å². The fourth-order valence-electron chi connectivity index (χ4n) is 2.08. The van der Waals surface area contributed by atoms with E-state index < -0.39 is 0 Å². The Morgan fingerprint density at radius 3 is 2.07 bits per heavy atom. The van der Waals surface area contributed by atoms with E-state index in [4.69, 9.17) is 5.73 Å². The van der Waals surface area contributed by atoms with Gasteiger partial charge >= 0.3 is 0 Å². The van der Waals surface area contributed by atoms with Crippen LogP contribution >= 0.6 is 28.3 Å². The third-order valence-electron chi connectivity index (χ3n) is 2.91. The summed E-state index contributed by atoms with van der Waals surface area (Å²) in [6.07, 6.45) is 4.81. The van der Waals surface area contributed by atoms with Crippen LogP contribution in [-0.2, 0) is 5.54 Å². The Labute approximate surface area is 99.6 Å². The summed E-state index contributed by atoms with van der Waals surface area (Å²) in [5.74, 6) is 0. The Hall–Kier alpha value is -0.0500. The largest absolute Gasteiger partial charge is 0.321 e. The van der Waals surface area contributed by atoms with Crippen LogP contribution in [0.5, 0.6) is 0 Å². The summed E-state index contributed by atoms with van der Waals surface area (Å²) in [7, 11) is 0. The smallest absolute Gasteiger partial charge is 0.0409 e. The SMILES string of the molecule is Cl.NC1(c2ccc(Br)cc2)CCCC1. The van der Waals surface area contributed by atoms with Crippen molar-refractivity contribution < 1.29 is 0 Å². The van der Waals surface area contributed by atoms with Gasteiger partial charge in [-0.25, -0.2) is 0 Å². The van der Waals surface area contributed by atoms with Crippen molar-refractivity contribution in [2.75, 3.05) is 0 Å². The van der Waals surface area contributed by atoms with E-state index in [2.05, 4.69) is 40.2 Å². The first-order valence-electron chi connectivity index (χ1n) is 4.76. The summed E-state index contributed by atoms with van der Waals surface area (Å²) < 4.78 is 1.12.